The van der Waals surface area contributed by atoms with Crippen molar-refractivity contribution < 1.29 is 0 Å². The zero-order valence-electron chi connectivity index (χ0n) is 9.39. The molecule has 0 saturated carbocycles. The molecule has 0 radical (unpaired) electrons. The van der Waals surface area contributed by atoms with Gasteiger partial charge in [-0.25, -0.2) is 0 Å². The molecule has 0 bridgehead atoms. The molecule has 0 heterocycles. The number of benzene rings is 1. The summed E-state index contributed by atoms with van der Waals surface area (Å²) in [5.41, 5.74) is 1.31. The van der Waals surface area contributed by atoms with E-state index in [-0.39, 0.29) is 0 Å². The minimum Gasteiger partial charge on any atom is -0.313 e. The summed E-state index contributed by atoms with van der Waals surface area (Å²) in [6.45, 7) is 7.25. The van der Waals surface area contributed by atoms with Gasteiger partial charge in [-0.2, -0.15) is 0 Å². The molecule has 3 heteroatoms. The smallest absolute Gasteiger partial charge is 0.0220 e. The molecule has 0 aliphatic heterocycles. The van der Waals surface area contributed by atoms with Gasteiger partial charge >= 0.3 is 0 Å². The Labute approximate surface area is 101 Å². The summed E-state index contributed by atoms with van der Waals surface area (Å²) in [7, 11) is 0. The molecular weight excluding hydrogens is 252 g/mol. The number of hydrogen-bond acceptors (Lipinski definition) is 2. The van der Waals surface area contributed by atoms with Gasteiger partial charge < -0.3 is 10.6 Å². The monoisotopic (exact) mass is 270 g/mol. The highest BCUT2D eigenvalue weighted by molar-refractivity contribution is 9.10. The highest BCUT2D eigenvalue weighted by Gasteiger charge is 1.97. The SMILES string of the molecule is CC(C)NCCNCc1ccccc1Br. The number of rotatable bonds is 6. The van der Waals surface area contributed by atoms with Crippen molar-refractivity contribution in [2.75, 3.05) is 13.1 Å². The molecule has 0 atom stereocenters. The van der Waals surface area contributed by atoms with Crippen molar-refractivity contribution in [3.63, 3.8) is 0 Å². The van der Waals surface area contributed by atoms with Crippen LogP contribution in [0, 0.1) is 0 Å². The Bertz CT molecular complexity index is 287. The van der Waals surface area contributed by atoms with E-state index < -0.39 is 0 Å². The third-order valence-electron chi connectivity index (χ3n) is 2.13. The molecular formula is C12H19BrN2. The second-order valence-electron chi connectivity index (χ2n) is 3.88. The minimum absolute atomic E-state index is 0.565. The fraction of sp³-hybridized carbons (Fsp3) is 0.500. The lowest BCUT2D eigenvalue weighted by Crippen LogP contribution is -2.31. The minimum atomic E-state index is 0.565. The highest BCUT2D eigenvalue weighted by atomic mass is 79.9. The number of hydrogen-bond donors (Lipinski definition) is 2. The van der Waals surface area contributed by atoms with Crippen molar-refractivity contribution in [3.05, 3.63) is 34.3 Å². The third kappa shape index (κ3) is 5.30. The molecule has 0 aliphatic carbocycles. The van der Waals surface area contributed by atoms with Gasteiger partial charge in [-0.15, -0.1) is 0 Å². The zero-order chi connectivity index (χ0) is 11.1. The van der Waals surface area contributed by atoms with Crippen molar-refractivity contribution in [2.45, 2.75) is 26.4 Å². The van der Waals surface area contributed by atoms with Gasteiger partial charge in [-0.05, 0) is 11.6 Å². The Morgan fingerprint density at radius 2 is 1.93 bits per heavy atom. The molecule has 0 aromatic heterocycles. The second-order valence-corrected chi connectivity index (χ2v) is 4.73. The first kappa shape index (κ1) is 12.7. The van der Waals surface area contributed by atoms with E-state index in [0.29, 0.717) is 6.04 Å². The van der Waals surface area contributed by atoms with Gasteiger partial charge in [0.1, 0.15) is 0 Å². The fourth-order valence-corrected chi connectivity index (χ4v) is 1.74. The Hall–Kier alpha value is -0.380. The van der Waals surface area contributed by atoms with Crippen molar-refractivity contribution in [1.82, 2.24) is 10.6 Å². The molecule has 1 aromatic rings. The summed E-state index contributed by atoms with van der Waals surface area (Å²) in [5, 5.41) is 6.78. The molecule has 2 nitrogen and oxygen atoms in total. The van der Waals surface area contributed by atoms with Crippen LogP contribution in [-0.2, 0) is 6.54 Å². The standard InChI is InChI=1S/C12H19BrN2/c1-10(2)15-8-7-14-9-11-5-3-4-6-12(11)13/h3-6,10,14-15H,7-9H2,1-2H3. The Kier molecular flexibility index (Phi) is 5.91. The maximum atomic E-state index is 3.53. The Morgan fingerprint density at radius 1 is 1.20 bits per heavy atom. The van der Waals surface area contributed by atoms with E-state index in [4.69, 9.17) is 0 Å². The molecule has 0 fully saturated rings. The third-order valence-corrected chi connectivity index (χ3v) is 2.90. The lowest BCUT2D eigenvalue weighted by molar-refractivity contribution is 0.555. The molecule has 0 unspecified atom stereocenters. The van der Waals surface area contributed by atoms with E-state index >= 15 is 0 Å². The summed E-state index contributed by atoms with van der Waals surface area (Å²) in [6, 6.07) is 8.87. The number of halogens is 1. The van der Waals surface area contributed by atoms with Gasteiger partial charge in [0.15, 0.2) is 0 Å². The molecule has 0 spiro atoms. The van der Waals surface area contributed by atoms with Crippen molar-refractivity contribution in [2.24, 2.45) is 0 Å². The lowest BCUT2D eigenvalue weighted by atomic mass is 10.2. The largest absolute Gasteiger partial charge is 0.313 e. The van der Waals surface area contributed by atoms with E-state index in [2.05, 4.69) is 58.6 Å². The van der Waals surface area contributed by atoms with Gasteiger partial charge in [0.2, 0.25) is 0 Å². The first-order valence-corrected chi connectivity index (χ1v) is 6.17. The van der Waals surface area contributed by atoms with Crippen LogP contribution in [0.3, 0.4) is 0 Å². The molecule has 0 saturated heterocycles. The average molecular weight is 271 g/mol. The van der Waals surface area contributed by atoms with Crippen LogP contribution in [0.1, 0.15) is 19.4 Å². The molecule has 1 rings (SSSR count). The Balaban J connectivity index is 2.18. The summed E-state index contributed by atoms with van der Waals surface area (Å²) in [6.07, 6.45) is 0. The van der Waals surface area contributed by atoms with E-state index in [9.17, 15) is 0 Å². The molecule has 0 aliphatic rings. The van der Waals surface area contributed by atoms with Crippen molar-refractivity contribution >= 4 is 15.9 Å². The van der Waals surface area contributed by atoms with E-state index in [1.54, 1.807) is 0 Å². The molecule has 2 N–H and O–H groups in total. The van der Waals surface area contributed by atoms with Crippen LogP contribution >= 0.6 is 15.9 Å². The topological polar surface area (TPSA) is 24.1 Å². The van der Waals surface area contributed by atoms with Crippen LogP contribution < -0.4 is 10.6 Å². The lowest BCUT2D eigenvalue weighted by Gasteiger charge is -2.09. The van der Waals surface area contributed by atoms with Gasteiger partial charge in [-0.3, -0.25) is 0 Å². The van der Waals surface area contributed by atoms with Crippen LogP contribution in [0.4, 0.5) is 0 Å². The first-order valence-electron chi connectivity index (χ1n) is 5.37. The van der Waals surface area contributed by atoms with Crippen LogP contribution in [-0.4, -0.2) is 19.1 Å². The van der Waals surface area contributed by atoms with Crippen LogP contribution in [0.15, 0.2) is 28.7 Å². The fourth-order valence-electron chi connectivity index (χ4n) is 1.31. The second kappa shape index (κ2) is 6.99. The normalized spacial score (nSPS) is 10.9. The predicted octanol–water partition coefficient (Wildman–Crippen LogP) is 2.54. The molecule has 1 aromatic carbocycles. The van der Waals surface area contributed by atoms with E-state index in [1.807, 2.05) is 6.07 Å². The average Bonchev–Trinajstić information content (AvgIpc) is 2.20. The van der Waals surface area contributed by atoms with Crippen LogP contribution in [0.25, 0.3) is 0 Å². The maximum absolute atomic E-state index is 3.53. The predicted molar refractivity (Wildman–Crippen MR) is 69.0 cm³/mol. The van der Waals surface area contributed by atoms with Crippen molar-refractivity contribution in [1.29, 1.82) is 0 Å². The summed E-state index contributed by atoms with van der Waals surface area (Å²) in [4.78, 5) is 0. The van der Waals surface area contributed by atoms with Gasteiger partial charge in [0, 0.05) is 30.1 Å². The molecule has 15 heavy (non-hydrogen) atoms. The van der Waals surface area contributed by atoms with Crippen LogP contribution in [0.5, 0.6) is 0 Å². The zero-order valence-corrected chi connectivity index (χ0v) is 11.0. The summed E-state index contributed by atoms with van der Waals surface area (Å²) < 4.78 is 1.18. The van der Waals surface area contributed by atoms with E-state index in [0.717, 1.165) is 19.6 Å². The van der Waals surface area contributed by atoms with E-state index in [1.165, 1.54) is 10.0 Å². The molecule has 0 amide bonds. The molecule has 84 valence electrons. The summed E-state index contributed by atoms with van der Waals surface area (Å²) in [5.74, 6) is 0. The van der Waals surface area contributed by atoms with Crippen LogP contribution in [0.2, 0.25) is 0 Å². The quantitative estimate of drug-likeness (QED) is 0.777. The highest BCUT2D eigenvalue weighted by Crippen LogP contribution is 2.14. The van der Waals surface area contributed by atoms with Gasteiger partial charge in [0.25, 0.3) is 0 Å². The Morgan fingerprint density at radius 3 is 2.60 bits per heavy atom. The summed E-state index contributed by atoms with van der Waals surface area (Å²) >= 11 is 3.53. The van der Waals surface area contributed by atoms with Gasteiger partial charge in [0.05, 0.1) is 0 Å². The van der Waals surface area contributed by atoms with Gasteiger partial charge in [-0.1, -0.05) is 48.0 Å². The maximum Gasteiger partial charge on any atom is 0.0220 e. The first-order chi connectivity index (χ1) is 7.20. The van der Waals surface area contributed by atoms with Crippen molar-refractivity contribution in [3.8, 4) is 0 Å². The number of nitrogens with one attached hydrogen (secondary N) is 2.